The van der Waals surface area contributed by atoms with Crippen LogP contribution >= 0.6 is 0 Å². The molecule has 5 nitrogen and oxygen atoms in total. The molecule has 0 heterocycles. The standard InChI is InChI=1S/C17H27F2N3O2/c1-5-12(2)22(4)9-8-20-16(23)21-11-17(3,24)14-7-6-13(18)10-15(14)19/h6-7,10,12,24H,5,8-9,11H2,1-4H3,(H2,20,21,23). The smallest absolute Gasteiger partial charge is 0.314 e. The van der Waals surface area contributed by atoms with Crippen molar-refractivity contribution in [1.29, 1.82) is 0 Å². The van der Waals surface area contributed by atoms with Crippen LogP contribution in [0.5, 0.6) is 0 Å². The first-order valence-corrected chi connectivity index (χ1v) is 8.07. The van der Waals surface area contributed by atoms with E-state index < -0.39 is 23.3 Å². The van der Waals surface area contributed by atoms with E-state index in [9.17, 15) is 18.7 Å². The fraction of sp³-hybridized carbons (Fsp3) is 0.588. The predicted octanol–water partition coefficient (Wildman–Crippen LogP) is 2.20. The maximum atomic E-state index is 13.7. The Hall–Kier alpha value is -1.73. The second-order valence-electron chi connectivity index (χ2n) is 6.25. The molecule has 0 aliphatic rings. The summed E-state index contributed by atoms with van der Waals surface area (Å²) >= 11 is 0. The van der Waals surface area contributed by atoms with E-state index in [4.69, 9.17) is 0 Å². The van der Waals surface area contributed by atoms with E-state index in [-0.39, 0.29) is 12.1 Å². The number of hydrogen-bond donors (Lipinski definition) is 3. The number of benzene rings is 1. The molecule has 0 fully saturated rings. The van der Waals surface area contributed by atoms with Gasteiger partial charge in [0.15, 0.2) is 0 Å². The van der Waals surface area contributed by atoms with Crippen LogP contribution in [0.15, 0.2) is 18.2 Å². The monoisotopic (exact) mass is 343 g/mol. The molecule has 136 valence electrons. The summed E-state index contributed by atoms with van der Waals surface area (Å²) in [6.07, 6.45) is 1.02. The molecule has 1 aromatic carbocycles. The van der Waals surface area contributed by atoms with Crippen LogP contribution in [0, 0.1) is 11.6 Å². The van der Waals surface area contributed by atoms with Gasteiger partial charge in [-0.2, -0.15) is 0 Å². The second kappa shape index (κ2) is 8.94. The number of aliphatic hydroxyl groups is 1. The zero-order valence-electron chi connectivity index (χ0n) is 14.7. The third kappa shape index (κ3) is 6.05. The van der Waals surface area contributed by atoms with Gasteiger partial charge in [-0.15, -0.1) is 0 Å². The van der Waals surface area contributed by atoms with Crippen molar-refractivity contribution >= 4 is 6.03 Å². The molecule has 1 rings (SSSR count). The van der Waals surface area contributed by atoms with Crippen molar-refractivity contribution in [2.24, 2.45) is 0 Å². The Labute approximate surface area is 142 Å². The summed E-state index contributed by atoms with van der Waals surface area (Å²) in [5.41, 5.74) is -1.71. The Morgan fingerprint density at radius 2 is 2.04 bits per heavy atom. The van der Waals surface area contributed by atoms with Crippen LogP contribution in [0.1, 0.15) is 32.8 Å². The summed E-state index contributed by atoms with van der Waals surface area (Å²) in [7, 11) is 1.98. The van der Waals surface area contributed by atoms with Gasteiger partial charge in [-0.3, -0.25) is 0 Å². The summed E-state index contributed by atoms with van der Waals surface area (Å²) in [4.78, 5) is 13.9. The van der Waals surface area contributed by atoms with Crippen LogP contribution in [0.2, 0.25) is 0 Å². The van der Waals surface area contributed by atoms with Crippen LogP contribution < -0.4 is 10.6 Å². The number of nitrogens with one attached hydrogen (secondary N) is 2. The van der Waals surface area contributed by atoms with Crippen molar-refractivity contribution in [1.82, 2.24) is 15.5 Å². The predicted molar refractivity (Wildman–Crippen MR) is 89.7 cm³/mol. The number of rotatable bonds is 8. The lowest BCUT2D eigenvalue weighted by Gasteiger charge is -2.25. The lowest BCUT2D eigenvalue weighted by atomic mass is 9.95. The molecule has 0 aliphatic carbocycles. The zero-order valence-corrected chi connectivity index (χ0v) is 14.7. The van der Waals surface area contributed by atoms with Gasteiger partial charge in [0.1, 0.15) is 17.2 Å². The van der Waals surface area contributed by atoms with Crippen molar-refractivity contribution < 1.29 is 18.7 Å². The van der Waals surface area contributed by atoms with Crippen LogP contribution in [-0.4, -0.2) is 48.8 Å². The Kier molecular flexibility index (Phi) is 7.57. The van der Waals surface area contributed by atoms with Gasteiger partial charge in [0, 0.05) is 30.8 Å². The fourth-order valence-electron chi connectivity index (χ4n) is 2.21. The molecule has 0 aromatic heterocycles. The highest BCUT2D eigenvalue weighted by Crippen LogP contribution is 2.23. The van der Waals surface area contributed by atoms with Crippen LogP contribution in [-0.2, 0) is 5.60 Å². The summed E-state index contributed by atoms with van der Waals surface area (Å²) in [6, 6.07) is 2.92. The van der Waals surface area contributed by atoms with Gasteiger partial charge in [0.05, 0.1) is 6.54 Å². The zero-order chi connectivity index (χ0) is 18.3. The molecule has 0 saturated heterocycles. The second-order valence-corrected chi connectivity index (χ2v) is 6.25. The number of carbonyl (C=O) groups excluding carboxylic acids is 1. The minimum absolute atomic E-state index is 0.0688. The normalized spacial score (nSPS) is 15.0. The van der Waals surface area contributed by atoms with Gasteiger partial charge < -0.3 is 20.6 Å². The number of nitrogens with zero attached hydrogens (tertiary/aromatic N) is 1. The van der Waals surface area contributed by atoms with E-state index in [2.05, 4.69) is 29.4 Å². The first-order chi connectivity index (χ1) is 11.2. The molecule has 7 heteroatoms. The molecular formula is C17H27F2N3O2. The Balaban J connectivity index is 2.45. The first kappa shape index (κ1) is 20.3. The quantitative estimate of drug-likeness (QED) is 0.678. The van der Waals surface area contributed by atoms with Gasteiger partial charge in [-0.05, 0) is 33.4 Å². The van der Waals surface area contributed by atoms with Crippen molar-refractivity contribution in [3.63, 3.8) is 0 Å². The fourth-order valence-corrected chi connectivity index (χ4v) is 2.21. The minimum atomic E-state index is -1.64. The number of halogens is 2. The van der Waals surface area contributed by atoms with Crippen molar-refractivity contribution in [2.45, 2.75) is 38.8 Å². The van der Waals surface area contributed by atoms with E-state index in [1.165, 1.54) is 13.0 Å². The Morgan fingerprint density at radius 1 is 1.38 bits per heavy atom. The van der Waals surface area contributed by atoms with Crippen LogP contribution in [0.25, 0.3) is 0 Å². The molecule has 1 aromatic rings. The van der Waals surface area contributed by atoms with Crippen LogP contribution in [0.4, 0.5) is 13.6 Å². The first-order valence-electron chi connectivity index (χ1n) is 8.07. The van der Waals surface area contributed by atoms with E-state index >= 15 is 0 Å². The Morgan fingerprint density at radius 3 is 2.62 bits per heavy atom. The number of carbonyl (C=O) groups is 1. The van der Waals surface area contributed by atoms with Crippen molar-refractivity contribution in [3.05, 3.63) is 35.4 Å². The molecule has 0 aliphatic heterocycles. The number of likely N-dealkylation sites (N-methyl/N-ethyl adjacent to an activating group) is 1. The van der Waals surface area contributed by atoms with Crippen LogP contribution in [0.3, 0.4) is 0 Å². The summed E-state index contributed by atoms with van der Waals surface area (Å²) < 4.78 is 26.7. The van der Waals surface area contributed by atoms with E-state index in [1.807, 2.05) is 7.05 Å². The highest BCUT2D eigenvalue weighted by atomic mass is 19.1. The molecule has 3 N–H and O–H groups in total. The van der Waals surface area contributed by atoms with E-state index in [0.29, 0.717) is 25.2 Å². The maximum absolute atomic E-state index is 13.7. The maximum Gasteiger partial charge on any atom is 0.314 e. The van der Waals surface area contributed by atoms with Gasteiger partial charge in [0.25, 0.3) is 0 Å². The summed E-state index contributed by atoms with van der Waals surface area (Å²) in [5, 5.41) is 15.5. The topological polar surface area (TPSA) is 64.6 Å². The summed E-state index contributed by atoms with van der Waals surface area (Å²) in [6.45, 7) is 6.53. The highest BCUT2D eigenvalue weighted by molar-refractivity contribution is 5.73. The van der Waals surface area contributed by atoms with Gasteiger partial charge in [0.2, 0.25) is 0 Å². The SMILES string of the molecule is CCC(C)N(C)CCNC(=O)NCC(C)(O)c1ccc(F)cc1F. The molecule has 2 unspecified atom stereocenters. The van der Waals surface area contributed by atoms with Crippen molar-refractivity contribution in [2.75, 3.05) is 26.7 Å². The third-order valence-corrected chi connectivity index (χ3v) is 4.20. The molecular weight excluding hydrogens is 316 g/mol. The molecule has 0 radical (unpaired) electrons. The Bertz CT molecular complexity index is 553. The van der Waals surface area contributed by atoms with E-state index in [1.54, 1.807) is 0 Å². The largest absolute Gasteiger partial charge is 0.383 e. The lowest BCUT2D eigenvalue weighted by molar-refractivity contribution is 0.0555. The minimum Gasteiger partial charge on any atom is -0.383 e. The molecule has 2 atom stereocenters. The molecule has 0 bridgehead atoms. The number of hydrogen-bond acceptors (Lipinski definition) is 3. The van der Waals surface area contributed by atoms with Gasteiger partial charge in [-0.1, -0.05) is 13.0 Å². The number of urea groups is 1. The molecule has 24 heavy (non-hydrogen) atoms. The average molecular weight is 343 g/mol. The average Bonchev–Trinajstić information content (AvgIpc) is 2.51. The van der Waals surface area contributed by atoms with Gasteiger partial charge >= 0.3 is 6.03 Å². The van der Waals surface area contributed by atoms with Gasteiger partial charge in [-0.25, -0.2) is 13.6 Å². The molecule has 2 amide bonds. The lowest BCUT2D eigenvalue weighted by Crippen LogP contribution is -2.45. The van der Waals surface area contributed by atoms with E-state index in [0.717, 1.165) is 12.5 Å². The third-order valence-electron chi connectivity index (χ3n) is 4.20. The summed E-state index contributed by atoms with van der Waals surface area (Å²) in [5.74, 6) is -1.57. The van der Waals surface area contributed by atoms with Crippen molar-refractivity contribution in [3.8, 4) is 0 Å². The molecule has 0 saturated carbocycles. The molecule has 0 spiro atoms. The highest BCUT2D eigenvalue weighted by Gasteiger charge is 2.27. The number of amides is 2.